The van der Waals surface area contributed by atoms with Crippen molar-refractivity contribution in [1.82, 2.24) is 19.9 Å². The Bertz CT molecular complexity index is 3220. The molecule has 1 aliphatic heterocycles. The van der Waals surface area contributed by atoms with Gasteiger partial charge in [-0.05, 0) is 55.5 Å². The first-order valence-corrected chi connectivity index (χ1v) is 18.7. The second-order valence-electron chi connectivity index (χ2n) is 14.7. The van der Waals surface area contributed by atoms with Gasteiger partial charge in [0.15, 0.2) is 93.1 Å². The minimum atomic E-state index is -2.68. The Labute approximate surface area is 363 Å². The third-order valence-corrected chi connectivity index (χ3v) is 11.0. The molecule has 8 bridgehead atoms. The molecule has 0 spiro atoms. The van der Waals surface area contributed by atoms with Gasteiger partial charge in [-0.3, -0.25) is 0 Å². The van der Waals surface area contributed by atoms with Crippen molar-refractivity contribution in [3.8, 4) is 0 Å². The van der Waals surface area contributed by atoms with E-state index in [1.165, 1.54) is 0 Å². The largest absolute Gasteiger partial charge is 0.354 e. The van der Waals surface area contributed by atoms with E-state index in [1.54, 1.807) is 0 Å². The van der Waals surface area contributed by atoms with E-state index in [0.29, 0.717) is 31.2 Å². The van der Waals surface area contributed by atoms with Crippen LogP contribution in [0.1, 0.15) is 50.6 Å². The summed E-state index contributed by atoms with van der Waals surface area (Å²) < 4.78 is 290. The molecule has 9 rings (SSSR count). The van der Waals surface area contributed by atoms with E-state index in [2.05, 4.69) is 19.9 Å². The number of rotatable bonds is 4. The fourth-order valence-corrected chi connectivity index (χ4v) is 7.84. The van der Waals surface area contributed by atoms with Crippen LogP contribution in [0.3, 0.4) is 0 Å². The number of fused-ring (bicyclic) bond motifs is 8. The molecule has 4 nitrogen and oxygen atoms in total. The van der Waals surface area contributed by atoms with Crippen molar-refractivity contribution >= 4 is 22.3 Å². The predicted molar refractivity (Wildman–Crippen MR) is 198 cm³/mol. The fourth-order valence-electron chi connectivity index (χ4n) is 7.84. The average molecular weight is 973 g/mol. The van der Waals surface area contributed by atoms with E-state index in [9.17, 15) is 39.5 Å². The van der Waals surface area contributed by atoms with Crippen LogP contribution in [-0.4, -0.2) is 19.9 Å². The highest BCUT2D eigenvalue weighted by atomic mass is 19.2. The molecule has 0 saturated carbocycles. The molecule has 1 aliphatic rings. The summed E-state index contributed by atoms with van der Waals surface area (Å²) in [5.74, 6) is -47.0. The first kappa shape index (κ1) is 45.3. The molecule has 0 radical (unpaired) electrons. The van der Waals surface area contributed by atoms with Crippen molar-refractivity contribution in [2.45, 2.75) is 6.92 Å². The second kappa shape index (κ2) is 15.9. The van der Waals surface area contributed by atoms with E-state index < -0.39 is 205 Å². The van der Waals surface area contributed by atoms with E-state index in [-0.39, 0.29) is 0 Å². The van der Waals surface area contributed by atoms with Gasteiger partial charge in [-0.15, -0.1) is 0 Å². The van der Waals surface area contributed by atoms with Crippen LogP contribution in [0.2, 0.25) is 0 Å². The van der Waals surface area contributed by atoms with Crippen molar-refractivity contribution in [1.29, 1.82) is 0 Å². The lowest BCUT2D eigenvalue weighted by Gasteiger charge is -2.14. The molecule has 4 N–H and O–H groups in total. The summed E-state index contributed by atoms with van der Waals surface area (Å²) in [6, 6.07) is 5.78. The number of aromatic amines is 4. The molecular weight excluding hydrogens is 957 g/mol. The third kappa shape index (κ3) is 6.41. The van der Waals surface area contributed by atoms with Crippen molar-refractivity contribution < 1.29 is 83.4 Å². The SMILES string of the molecule is Cc1c(F)c(F)c(C2=c3ccc([nH]3)=C(c3c(F)c(F)c(F)c(F)c3F)c3ccc([nH]3)C(c3c(F)c(F)c(F)c(F)c3F)=c3ccc([nH]3)=C(c3c(F)c(F)c(F)c(F)c3F)c3ccc2[nH]3)c(F)c1F. The van der Waals surface area contributed by atoms with Crippen LogP contribution in [0.4, 0.5) is 83.4 Å². The maximum absolute atomic E-state index is 16.0. The lowest BCUT2D eigenvalue weighted by Crippen LogP contribution is -2.22. The average Bonchev–Trinajstić information content (AvgIpc) is 4.18. The first-order chi connectivity index (χ1) is 32.1. The smallest absolute Gasteiger partial charge is 0.200 e. The minimum Gasteiger partial charge on any atom is -0.354 e. The summed E-state index contributed by atoms with van der Waals surface area (Å²) in [6.45, 7) is 0.629. The van der Waals surface area contributed by atoms with Crippen LogP contribution in [0.15, 0.2) is 48.5 Å². The van der Waals surface area contributed by atoms with E-state index in [0.717, 1.165) is 24.3 Å². The van der Waals surface area contributed by atoms with Crippen LogP contribution in [-0.2, 0) is 0 Å². The normalized spacial score (nSPS) is 12.9. The maximum atomic E-state index is 16.0. The number of hydrogen-bond donors (Lipinski definition) is 4. The Kier molecular flexibility index (Phi) is 10.6. The zero-order valence-electron chi connectivity index (χ0n) is 32.8. The summed E-state index contributed by atoms with van der Waals surface area (Å²) >= 11 is 0. The Morgan fingerprint density at radius 1 is 0.221 bits per heavy atom. The predicted octanol–water partition coefficient (Wildman–Crippen LogP) is 9.25. The third-order valence-electron chi connectivity index (χ3n) is 11.0. The number of nitrogens with one attached hydrogen (secondary N) is 4. The molecule has 5 heterocycles. The fraction of sp³-hybridized carbons (Fsp3) is 0.0222. The zero-order valence-corrected chi connectivity index (χ0v) is 32.8. The summed E-state index contributed by atoms with van der Waals surface area (Å²) in [4.78, 5) is 9.36. The molecular formula is C45H15F19N4. The molecule has 348 valence electrons. The van der Waals surface area contributed by atoms with Gasteiger partial charge >= 0.3 is 0 Å². The number of H-pyrrole nitrogens is 4. The molecule has 0 aliphatic carbocycles. The summed E-state index contributed by atoms with van der Waals surface area (Å²) in [5.41, 5.74) is -16.0. The highest BCUT2D eigenvalue weighted by molar-refractivity contribution is 5.85. The number of halogens is 19. The molecule has 8 aromatic rings. The van der Waals surface area contributed by atoms with Crippen LogP contribution >= 0.6 is 0 Å². The molecule has 4 aromatic carbocycles. The second-order valence-corrected chi connectivity index (χ2v) is 14.7. The first-order valence-electron chi connectivity index (χ1n) is 18.7. The van der Waals surface area contributed by atoms with E-state index in [4.69, 9.17) is 0 Å². The van der Waals surface area contributed by atoms with Gasteiger partial charge in [0.05, 0.1) is 22.3 Å². The Hall–Kier alpha value is -7.85. The van der Waals surface area contributed by atoms with Gasteiger partial charge in [0.25, 0.3) is 0 Å². The molecule has 0 saturated heterocycles. The quantitative estimate of drug-likeness (QED) is 0.0773. The number of benzene rings is 4. The molecule has 0 atom stereocenters. The van der Waals surface area contributed by atoms with Crippen molar-refractivity contribution in [2.75, 3.05) is 0 Å². The summed E-state index contributed by atoms with van der Waals surface area (Å²) in [6.07, 6.45) is 0. The van der Waals surface area contributed by atoms with Gasteiger partial charge in [0, 0.05) is 72.0 Å². The lowest BCUT2D eigenvalue weighted by atomic mass is 9.98. The topological polar surface area (TPSA) is 63.2 Å². The highest BCUT2D eigenvalue weighted by Gasteiger charge is 2.35. The summed E-state index contributed by atoms with van der Waals surface area (Å²) in [5, 5.41) is -3.31. The van der Waals surface area contributed by atoms with Gasteiger partial charge in [-0.2, -0.15) is 0 Å². The standard InChI is InChI=1S/C45H15F19N4/c1-10-27(46)29(48)23(30(49)28(10)47)19-11-2-4-13(65-11)20(24-31(50)37(56)43(62)38(57)32(24)51)15-6-8-17(67-15)22(26-35(54)41(60)45(64)42(61)36(26)55)18-9-7-16(68-18)21(14-5-3-12(19)66-14)25-33(52)39(58)44(63)40(59)34(25)53/h2-9,65-68H,1H3. The van der Waals surface area contributed by atoms with Gasteiger partial charge in [0.1, 0.15) is 0 Å². The number of hydrogen-bond acceptors (Lipinski definition) is 0. The van der Waals surface area contributed by atoms with Crippen LogP contribution in [0.5, 0.6) is 0 Å². The van der Waals surface area contributed by atoms with Crippen LogP contribution in [0, 0.1) is 117 Å². The molecule has 23 heteroatoms. The Morgan fingerprint density at radius 3 is 0.603 bits per heavy atom. The number of aromatic nitrogens is 4. The molecule has 0 unspecified atom stereocenters. The molecule has 0 fully saturated rings. The van der Waals surface area contributed by atoms with Crippen molar-refractivity contribution in [3.05, 3.63) is 231 Å². The van der Waals surface area contributed by atoms with Crippen LogP contribution < -0.4 is 21.4 Å². The monoisotopic (exact) mass is 972 g/mol. The van der Waals surface area contributed by atoms with Crippen LogP contribution in [0.25, 0.3) is 22.3 Å². The van der Waals surface area contributed by atoms with Crippen molar-refractivity contribution in [3.63, 3.8) is 0 Å². The Morgan fingerprint density at radius 2 is 0.397 bits per heavy atom. The van der Waals surface area contributed by atoms with E-state index >= 15 is 43.9 Å². The van der Waals surface area contributed by atoms with Gasteiger partial charge in [0.2, 0.25) is 17.5 Å². The Balaban J connectivity index is 1.56. The zero-order chi connectivity index (χ0) is 49.3. The van der Waals surface area contributed by atoms with Crippen molar-refractivity contribution in [2.24, 2.45) is 0 Å². The molecule has 4 aromatic heterocycles. The van der Waals surface area contributed by atoms with E-state index in [1.807, 2.05) is 0 Å². The molecule has 0 amide bonds. The summed E-state index contributed by atoms with van der Waals surface area (Å²) in [7, 11) is 0. The minimum absolute atomic E-state index is 0.629. The molecule has 68 heavy (non-hydrogen) atoms. The highest BCUT2D eigenvalue weighted by Crippen LogP contribution is 2.37. The van der Waals surface area contributed by atoms with Gasteiger partial charge in [-0.25, -0.2) is 83.4 Å². The van der Waals surface area contributed by atoms with Gasteiger partial charge < -0.3 is 19.9 Å². The maximum Gasteiger partial charge on any atom is 0.200 e. The van der Waals surface area contributed by atoms with Gasteiger partial charge in [-0.1, -0.05) is 0 Å². The lowest BCUT2D eigenvalue weighted by molar-refractivity contribution is 0.376.